The summed E-state index contributed by atoms with van der Waals surface area (Å²) in [6, 6.07) is 2.25. The van der Waals surface area contributed by atoms with Gasteiger partial charge in [0.2, 0.25) is 0 Å². The first-order chi connectivity index (χ1) is 9.62. The molecule has 0 unspecified atom stereocenters. The van der Waals surface area contributed by atoms with Gasteiger partial charge in [-0.05, 0) is 25.0 Å². The molecule has 0 aromatic carbocycles. The van der Waals surface area contributed by atoms with Crippen molar-refractivity contribution in [2.75, 3.05) is 5.32 Å². The number of alkyl halides is 6. The predicted molar refractivity (Wildman–Crippen MR) is 57.4 cm³/mol. The van der Waals surface area contributed by atoms with Crippen molar-refractivity contribution in [1.29, 1.82) is 0 Å². The molecule has 5 nitrogen and oxygen atoms in total. The molecule has 114 valence electrons. The van der Waals surface area contributed by atoms with Gasteiger partial charge in [-0.25, -0.2) is 0 Å². The highest BCUT2D eigenvalue weighted by molar-refractivity contribution is 5.47. The molecular formula is C10H7F6N5. The smallest absolute Gasteiger partial charge is 0.355 e. The third-order valence-corrected chi connectivity index (χ3v) is 3.18. The Morgan fingerprint density at radius 2 is 1.71 bits per heavy atom. The predicted octanol–water partition coefficient (Wildman–Crippen LogP) is 2.65. The van der Waals surface area contributed by atoms with Crippen molar-refractivity contribution >= 4 is 11.5 Å². The molecular weight excluding hydrogens is 304 g/mol. The fourth-order valence-electron chi connectivity index (χ4n) is 1.88. The van der Waals surface area contributed by atoms with E-state index in [4.69, 9.17) is 0 Å². The number of halogens is 6. The highest BCUT2D eigenvalue weighted by Crippen LogP contribution is 2.50. The molecule has 3 rings (SSSR count). The molecule has 21 heavy (non-hydrogen) atoms. The summed E-state index contributed by atoms with van der Waals surface area (Å²) in [5.41, 5.74) is -2.31. The lowest BCUT2D eigenvalue weighted by atomic mass is 10.2. The fourth-order valence-corrected chi connectivity index (χ4v) is 1.88. The third-order valence-electron chi connectivity index (χ3n) is 3.18. The molecule has 1 saturated carbocycles. The number of hydrogen-bond acceptors (Lipinski definition) is 4. The van der Waals surface area contributed by atoms with E-state index < -0.39 is 23.7 Å². The van der Waals surface area contributed by atoms with Gasteiger partial charge in [0.1, 0.15) is 11.4 Å². The van der Waals surface area contributed by atoms with Gasteiger partial charge in [-0.15, -0.1) is 15.3 Å². The van der Waals surface area contributed by atoms with Gasteiger partial charge in [-0.1, -0.05) is 0 Å². The first kappa shape index (κ1) is 13.9. The van der Waals surface area contributed by atoms with Crippen LogP contribution in [0.3, 0.4) is 0 Å². The number of nitrogens with one attached hydrogen (secondary N) is 1. The van der Waals surface area contributed by atoms with Crippen molar-refractivity contribution in [2.24, 2.45) is 0 Å². The summed E-state index contributed by atoms with van der Waals surface area (Å²) < 4.78 is 76.8. The van der Waals surface area contributed by atoms with Crippen LogP contribution < -0.4 is 5.32 Å². The number of nitrogens with zero attached hydrogens (tertiary/aromatic N) is 4. The molecule has 0 aliphatic heterocycles. The Bertz CT molecular complexity index is 683. The molecule has 11 heteroatoms. The lowest BCUT2D eigenvalue weighted by Crippen LogP contribution is -2.39. The summed E-state index contributed by atoms with van der Waals surface area (Å²) in [5, 5.41) is 11.9. The van der Waals surface area contributed by atoms with E-state index in [0.717, 1.165) is 12.1 Å². The van der Waals surface area contributed by atoms with E-state index in [1.54, 1.807) is 0 Å². The van der Waals surface area contributed by atoms with Crippen LogP contribution in [0, 0.1) is 0 Å². The topological polar surface area (TPSA) is 55.1 Å². The maximum Gasteiger partial charge on any atom is 0.453 e. The lowest BCUT2D eigenvalue weighted by molar-refractivity contribution is -0.151. The van der Waals surface area contributed by atoms with Crippen molar-refractivity contribution in [3.63, 3.8) is 0 Å². The van der Waals surface area contributed by atoms with Crippen molar-refractivity contribution in [2.45, 2.75) is 30.7 Å². The second kappa shape index (κ2) is 3.98. The summed E-state index contributed by atoms with van der Waals surface area (Å²) in [4.78, 5) is 0. The highest BCUT2D eigenvalue weighted by atomic mass is 19.4. The Labute approximate surface area is 113 Å². The molecule has 1 aliphatic carbocycles. The largest absolute Gasteiger partial charge is 0.453 e. The summed E-state index contributed by atoms with van der Waals surface area (Å²) in [5.74, 6) is -1.71. The van der Waals surface area contributed by atoms with Gasteiger partial charge in [0.25, 0.3) is 5.82 Å². The van der Waals surface area contributed by atoms with E-state index in [1.807, 2.05) is 0 Å². The van der Waals surface area contributed by atoms with Gasteiger partial charge >= 0.3 is 12.4 Å². The summed E-state index contributed by atoms with van der Waals surface area (Å²) in [7, 11) is 0. The Balaban J connectivity index is 1.98. The van der Waals surface area contributed by atoms with Crippen LogP contribution in [0.1, 0.15) is 18.7 Å². The van der Waals surface area contributed by atoms with Crippen molar-refractivity contribution in [3.8, 4) is 0 Å². The maximum absolute atomic E-state index is 12.8. The molecule has 0 atom stereocenters. The third kappa shape index (κ3) is 2.25. The molecule has 2 aromatic heterocycles. The normalized spacial score (nSPS) is 18.0. The highest BCUT2D eigenvalue weighted by Gasteiger charge is 2.63. The lowest BCUT2D eigenvalue weighted by Gasteiger charge is -2.21. The molecule has 0 amide bonds. The fraction of sp³-hybridized carbons (Fsp3) is 0.500. The zero-order valence-corrected chi connectivity index (χ0v) is 10.1. The minimum atomic E-state index is -4.80. The second-order valence-corrected chi connectivity index (χ2v) is 4.71. The molecule has 0 radical (unpaired) electrons. The molecule has 1 fully saturated rings. The van der Waals surface area contributed by atoms with Crippen LogP contribution in [0.2, 0.25) is 0 Å². The van der Waals surface area contributed by atoms with Crippen molar-refractivity contribution in [1.82, 2.24) is 19.8 Å². The van der Waals surface area contributed by atoms with Crippen LogP contribution in [0.25, 0.3) is 5.65 Å². The van der Waals surface area contributed by atoms with Gasteiger partial charge in [0.05, 0.1) is 0 Å². The molecule has 0 saturated heterocycles. The van der Waals surface area contributed by atoms with Gasteiger partial charge in [-0.3, -0.25) is 0 Å². The summed E-state index contributed by atoms with van der Waals surface area (Å²) in [6.07, 6.45) is -9.59. The molecule has 0 spiro atoms. The van der Waals surface area contributed by atoms with E-state index in [2.05, 4.69) is 20.6 Å². The number of rotatable bonds is 2. The number of anilines is 1. The van der Waals surface area contributed by atoms with Crippen LogP contribution in [-0.2, 0) is 6.18 Å². The summed E-state index contributed by atoms with van der Waals surface area (Å²) in [6.45, 7) is 0. The average molecular weight is 311 g/mol. The van der Waals surface area contributed by atoms with E-state index in [-0.39, 0.29) is 24.3 Å². The Morgan fingerprint density at radius 3 is 2.24 bits per heavy atom. The van der Waals surface area contributed by atoms with E-state index >= 15 is 0 Å². The van der Waals surface area contributed by atoms with Gasteiger partial charge in [0, 0.05) is 0 Å². The molecule has 1 N–H and O–H groups in total. The average Bonchev–Trinajstić information content (AvgIpc) is 3.00. The minimum absolute atomic E-state index is 0.148. The van der Waals surface area contributed by atoms with Gasteiger partial charge < -0.3 is 5.32 Å². The molecule has 2 aromatic rings. The first-order valence-corrected chi connectivity index (χ1v) is 5.77. The van der Waals surface area contributed by atoms with E-state index in [0.29, 0.717) is 4.52 Å². The Kier molecular flexibility index (Phi) is 2.63. The van der Waals surface area contributed by atoms with Gasteiger partial charge in [0.15, 0.2) is 5.65 Å². The van der Waals surface area contributed by atoms with Crippen molar-refractivity contribution < 1.29 is 26.3 Å². The molecule has 1 aliphatic rings. The Hall–Kier alpha value is -2.07. The van der Waals surface area contributed by atoms with Crippen LogP contribution in [0.15, 0.2) is 12.1 Å². The second-order valence-electron chi connectivity index (χ2n) is 4.71. The van der Waals surface area contributed by atoms with Crippen molar-refractivity contribution in [3.05, 3.63) is 18.0 Å². The van der Waals surface area contributed by atoms with Crippen LogP contribution in [-0.4, -0.2) is 31.5 Å². The standard InChI is InChI=1S/C10H7F6N5/c11-9(12,13)7-19-18-6-2-1-5(20-21(6)7)17-8(3-4-8)10(14,15)16/h1-2H,3-4H2,(H,17,20). The van der Waals surface area contributed by atoms with Crippen LogP contribution in [0.5, 0.6) is 0 Å². The van der Waals surface area contributed by atoms with Gasteiger partial charge in [-0.2, -0.15) is 30.9 Å². The van der Waals surface area contributed by atoms with Crippen LogP contribution >= 0.6 is 0 Å². The van der Waals surface area contributed by atoms with E-state index in [1.165, 1.54) is 0 Å². The summed E-state index contributed by atoms with van der Waals surface area (Å²) >= 11 is 0. The zero-order valence-electron chi connectivity index (χ0n) is 10.1. The maximum atomic E-state index is 12.8. The minimum Gasteiger partial charge on any atom is -0.355 e. The zero-order chi connectivity index (χ0) is 15.5. The number of fused-ring (bicyclic) bond motifs is 1. The quantitative estimate of drug-likeness (QED) is 0.866. The Morgan fingerprint density at radius 1 is 1.05 bits per heavy atom. The SMILES string of the molecule is FC(F)(F)c1nnc2ccc(NC3(C(F)(F)F)CC3)nn12. The number of hydrogen-bond donors (Lipinski definition) is 1. The molecule has 0 bridgehead atoms. The first-order valence-electron chi connectivity index (χ1n) is 5.77. The number of aromatic nitrogens is 4. The molecule has 2 heterocycles. The monoisotopic (exact) mass is 311 g/mol. The van der Waals surface area contributed by atoms with E-state index in [9.17, 15) is 26.3 Å². The van der Waals surface area contributed by atoms with Crippen LogP contribution in [0.4, 0.5) is 32.2 Å².